The van der Waals surface area contributed by atoms with Crippen LogP contribution in [0.4, 0.5) is 0 Å². The normalized spacial score (nSPS) is 20.9. The minimum Gasteiger partial charge on any atom is -0.469 e. The fourth-order valence-electron chi connectivity index (χ4n) is 2.44. The van der Waals surface area contributed by atoms with Crippen molar-refractivity contribution in [2.24, 2.45) is 5.92 Å². The molecular weight excluding hydrogens is 242 g/mol. The highest BCUT2D eigenvalue weighted by Gasteiger charge is 2.28. The summed E-state index contributed by atoms with van der Waals surface area (Å²) in [5.74, 6) is -0.469. The molecule has 0 N–H and O–H groups in total. The zero-order valence-corrected chi connectivity index (χ0v) is 11.2. The molecule has 0 radical (unpaired) electrons. The molecule has 0 spiro atoms. The maximum absolute atomic E-state index is 11.7. The second kappa shape index (κ2) is 6.48. The van der Waals surface area contributed by atoms with Crippen LogP contribution in [0.25, 0.3) is 0 Å². The highest BCUT2D eigenvalue weighted by atomic mass is 16.5. The van der Waals surface area contributed by atoms with Crippen molar-refractivity contribution in [3.8, 4) is 0 Å². The van der Waals surface area contributed by atoms with Gasteiger partial charge in [0.25, 0.3) is 0 Å². The number of ketones is 1. The molecule has 0 saturated carbocycles. The first kappa shape index (κ1) is 13.7. The zero-order valence-electron chi connectivity index (χ0n) is 11.2. The van der Waals surface area contributed by atoms with E-state index in [-0.39, 0.29) is 17.7 Å². The Hall–Kier alpha value is -1.68. The Morgan fingerprint density at radius 2 is 2.11 bits per heavy atom. The van der Waals surface area contributed by atoms with Crippen LogP contribution < -0.4 is 0 Å². The summed E-state index contributed by atoms with van der Waals surface area (Å²) in [6, 6.07) is 10.1. The van der Waals surface area contributed by atoms with E-state index in [9.17, 15) is 9.59 Å². The maximum Gasteiger partial charge on any atom is 0.310 e. The van der Waals surface area contributed by atoms with Gasteiger partial charge in [-0.1, -0.05) is 30.3 Å². The molecular formula is C15H19NO3. The number of carbonyl (C=O) groups is 2. The Kier molecular flexibility index (Phi) is 4.68. The fraction of sp³-hybridized carbons (Fsp3) is 0.467. The summed E-state index contributed by atoms with van der Waals surface area (Å²) in [6.07, 6.45) is 0.818. The molecule has 0 aliphatic carbocycles. The summed E-state index contributed by atoms with van der Waals surface area (Å²) >= 11 is 0. The number of likely N-dealkylation sites (tertiary alicyclic amines) is 1. The number of benzene rings is 1. The number of nitrogens with zero attached hydrogens (tertiary/aromatic N) is 1. The van der Waals surface area contributed by atoms with E-state index in [0.29, 0.717) is 25.9 Å². The van der Waals surface area contributed by atoms with Crippen molar-refractivity contribution in [1.82, 2.24) is 4.90 Å². The molecule has 1 heterocycles. The van der Waals surface area contributed by atoms with Crippen LogP contribution in [0, 0.1) is 5.92 Å². The van der Waals surface area contributed by atoms with Crippen molar-refractivity contribution in [1.29, 1.82) is 0 Å². The van der Waals surface area contributed by atoms with E-state index < -0.39 is 0 Å². The van der Waals surface area contributed by atoms with E-state index in [2.05, 4.69) is 17.0 Å². The Morgan fingerprint density at radius 1 is 1.37 bits per heavy atom. The number of methoxy groups -OCH3 is 1. The monoisotopic (exact) mass is 261 g/mol. The Balaban J connectivity index is 2.04. The molecule has 1 fully saturated rings. The van der Waals surface area contributed by atoms with Crippen LogP contribution in [0.5, 0.6) is 0 Å². The molecule has 4 heteroatoms. The van der Waals surface area contributed by atoms with Gasteiger partial charge in [-0.25, -0.2) is 0 Å². The van der Waals surface area contributed by atoms with Crippen LogP contribution in [0.15, 0.2) is 30.3 Å². The van der Waals surface area contributed by atoms with E-state index in [4.69, 9.17) is 4.74 Å². The molecule has 1 atom stereocenters. The van der Waals surface area contributed by atoms with Crippen LogP contribution in [0.1, 0.15) is 18.4 Å². The predicted molar refractivity (Wildman–Crippen MR) is 71.5 cm³/mol. The molecule has 1 unspecified atom stereocenters. The van der Waals surface area contributed by atoms with Crippen LogP contribution in [0.2, 0.25) is 0 Å². The van der Waals surface area contributed by atoms with Gasteiger partial charge in [-0.05, 0) is 5.56 Å². The number of hydrogen-bond acceptors (Lipinski definition) is 4. The standard InChI is InChI=1S/C15H19NO3/c1-19-15(18)13-9-14(17)7-8-16(11-13)10-12-5-3-2-4-6-12/h2-6,13H,7-11H2,1H3. The van der Waals surface area contributed by atoms with Gasteiger partial charge in [0.15, 0.2) is 0 Å². The van der Waals surface area contributed by atoms with Crippen molar-refractivity contribution < 1.29 is 14.3 Å². The predicted octanol–water partition coefficient (Wildman–Crippen LogP) is 1.64. The van der Waals surface area contributed by atoms with E-state index in [1.807, 2.05) is 18.2 Å². The topological polar surface area (TPSA) is 46.6 Å². The number of rotatable bonds is 3. The largest absolute Gasteiger partial charge is 0.469 e. The summed E-state index contributed by atoms with van der Waals surface area (Å²) in [5.41, 5.74) is 1.19. The highest BCUT2D eigenvalue weighted by Crippen LogP contribution is 2.17. The van der Waals surface area contributed by atoms with Gasteiger partial charge in [-0.15, -0.1) is 0 Å². The van der Waals surface area contributed by atoms with Crippen molar-refractivity contribution in [2.75, 3.05) is 20.2 Å². The fourth-order valence-corrected chi connectivity index (χ4v) is 2.44. The number of carbonyl (C=O) groups excluding carboxylic acids is 2. The molecule has 1 saturated heterocycles. The molecule has 4 nitrogen and oxygen atoms in total. The van der Waals surface area contributed by atoms with Gasteiger partial charge in [0, 0.05) is 32.5 Å². The lowest BCUT2D eigenvalue weighted by atomic mass is 10.0. The number of Topliss-reactive ketones (excluding diaryl/α,β-unsaturated/α-hetero) is 1. The summed E-state index contributed by atoms with van der Waals surface area (Å²) < 4.78 is 4.77. The lowest BCUT2D eigenvalue weighted by molar-refractivity contribution is -0.147. The van der Waals surface area contributed by atoms with E-state index in [1.165, 1.54) is 12.7 Å². The third kappa shape index (κ3) is 3.89. The SMILES string of the molecule is COC(=O)C1CC(=O)CCN(Cc2ccccc2)C1. The van der Waals surface area contributed by atoms with E-state index >= 15 is 0 Å². The van der Waals surface area contributed by atoms with Crippen LogP contribution in [0.3, 0.4) is 0 Å². The van der Waals surface area contributed by atoms with Crippen LogP contribution in [-0.2, 0) is 20.9 Å². The van der Waals surface area contributed by atoms with Crippen LogP contribution in [-0.4, -0.2) is 36.9 Å². The minimum absolute atomic E-state index is 0.144. The van der Waals surface area contributed by atoms with Crippen molar-refractivity contribution in [3.63, 3.8) is 0 Å². The Labute approximate surface area is 113 Å². The summed E-state index contributed by atoms with van der Waals surface area (Å²) in [4.78, 5) is 25.5. The quantitative estimate of drug-likeness (QED) is 0.776. The molecule has 2 rings (SSSR count). The molecule has 0 aromatic heterocycles. The molecule has 1 aliphatic heterocycles. The first-order valence-corrected chi connectivity index (χ1v) is 6.55. The van der Waals surface area contributed by atoms with Gasteiger partial charge >= 0.3 is 5.97 Å². The number of esters is 1. The minimum atomic E-state index is -0.330. The molecule has 102 valence electrons. The Bertz CT molecular complexity index is 444. The van der Waals surface area contributed by atoms with Crippen molar-refractivity contribution in [2.45, 2.75) is 19.4 Å². The molecule has 0 bridgehead atoms. The second-order valence-corrected chi connectivity index (χ2v) is 4.93. The Morgan fingerprint density at radius 3 is 2.79 bits per heavy atom. The maximum atomic E-state index is 11.7. The number of ether oxygens (including phenoxy) is 1. The smallest absolute Gasteiger partial charge is 0.310 e. The lowest BCUT2D eigenvalue weighted by Gasteiger charge is -2.22. The van der Waals surface area contributed by atoms with Crippen molar-refractivity contribution >= 4 is 11.8 Å². The average molecular weight is 261 g/mol. The van der Waals surface area contributed by atoms with E-state index in [0.717, 1.165) is 6.54 Å². The molecule has 1 aromatic carbocycles. The second-order valence-electron chi connectivity index (χ2n) is 4.93. The molecule has 0 amide bonds. The van der Waals surface area contributed by atoms with E-state index in [1.54, 1.807) is 0 Å². The summed E-state index contributed by atoms with van der Waals surface area (Å²) in [7, 11) is 1.37. The van der Waals surface area contributed by atoms with Gasteiger partial charge in [-0.2, -0.15) is 0 Å². The van der Waals surface area contributed by atoms with Gasteiger partial charge in [0.1, 0.15) is 5.78 Å². The molecule has 1 aliphatic rings. The van der Waals surface area contributed by atoms with Gasteiger partial charge in [0.05, 0.1) is 13.0 Å². The summed E-state index contributed by atoms with van der Waals surface area (Å²) in [5, 5.41) is 0. The third-order valence-electron chi connectivity index (χ3n) is 3.44. The molecule has 19 heavy (non-hydrogen) atoms. The third-order valence-corrected chi connectivity index (χ3v) is 3.44. The molecule has 1 aromatic rings. The van der Waals surface area contributed by atoms with Crippen LogP contribution >= 0.6 is 0 Å². The van der Waals surface area contributed by atoms with Gasteiger partial charge in [-0.3, -0.25) is 14.5 Å². The van der Waals surface area contributed by atoms with Gasteiger partial charge in [0.2, 0.25) is 0 Å². The first-order valence-electron chi connectivity index (χ1n) is 6.55. The van der Waals surface area contributed by atoms with Gasteiger partial charge < -0.3 is 4.74 Å². The highest BCUT2D eigenvalue weighted by molar-refractivity contribution is 5.85. The number of hydrogen-bond donors (Lipinski definition) is 0. The van der Waals surface area contributed by atoms with Crippen molar-refractivity contribution in [3.05, 3.63) is 35.9 Å². The average Bonchev–Trinajstić information content (AvgIpc) is 2.61. The first-order chi connectivity index (χ1) is 9.19. The summed E-state index contributed by atoms with van der Waals surface area (Å²) in [6.45, 7) is 2.07. The zero-order chi connectivity index (χ0) is 13.7. The lowest BCUT2D eigenvalue weighted by Crippen LogP contribution is -2.32.